The quantitative estimate of drug-likeness (QED) is 0.759. The Bertz CT molecular complexity index is 903. The molecular formula is C22H30N4O3. The van der Waals surface area contributed by atoms with Crippen LogP contribution in [0.5, 0.6) is 0 Å². The first kappa shape index (κ1) is 19.9. The summed E-state index contributed by atoms with van der Waals surface area (Å²) in [6, 6.07) is 7.91. The van der Waals surface area contributed by atoms with E-state index in [2.05, 4.69) is 10.3 Å². The van der Waals surface area contributed by atoms with E-state index < -0.39 is 5.54 Å². The van der Waals surface area contributed by atoms with Crippen molar-refractivity contribution in [3.05, 3.63) is 30.1 Å². The molecule has 7 nitrogen and oxygen atoms in total. The SMILES string of the molecule is COCCCN1C(=O)c2nc3ccccc3n2CC1(C)C(=O)NC1CCCCC1. The maximum Gasteiger partial charge on any atom is 0.290 e. The van der Waals surface area contributed by atoms with Gasteiger partial charge in [0.1, 0.15) is 5.54 Å². The van der Waals surface area contributed by atoms with Gasteiger partial charge >= 0.3 is 0 Å². The number of nitrogens with zero attached hydrogens (tertiary/aromatic N) is 3. The van der Waals surface area contributed by atoms with E-state index in [0.29, 0.717) is 31.9 Å². The van der Waals surface area contributed by atoms with Gasteiger partial charge in [-0.25, -0.2) is 4.98 Å². The summed E-state index contributed by atoms with van der Waals surface area (Å²) in [6.45, 7) is 3.29. The predicted octanol–water partition coefficient (Wildman–Crippen LogP) is 2.74. The number of fused-ring (bicyclic) bond motifs is 3. The Balaban J connectivity index is 1.68. The second-order valence-corrected chi connectivity index (χ2v) is 8.40. The molecule has 1 saturated carbocycles. The molecule has 1 aromatic carbocycles. The zero-order valence-corrected chi connectivity index (χ0v) is 17.3. The van der Waals surface area contributed by atoms with Crippen molar-refractivity contribution >= 4 is 22.8 Å². The Hall–Kier alpha value is -2.41. The standard InChI is InChI=1S/C22H30N4O3/c1-22(21(28)23-16-9-4-3-5-10-16)15-25-18-12-7-6-11-17(18)24-19(25)20(27)26(22)13-8-14-29-2/h6-7,11-12,16H,3-5,8-10,13-15H2,1-2H3,(H,23,28). The van der Waals surface area contributed by atoms with E-state index in [1.165, 1.54) is 6.42 Å². The molecule has 29 heavy (non-hydrogen) atoms. The molecule has 1 N–H and O–H groups in total. The zero-order valence-electron chi connectivity index (χ0n) is 17.3. The van der Waals surface area contributed by atoms with E-state index in [4.69, 9.17) is 4.74 Å². The maximum absolute atomic E-state index is 13.5. The molecule has 156 valence electrons. The van der Waals surface area contributed by atoms with E-state index in [-0.39, 0.29) is 17.9 Å². The number of benzene rings is 1. The van der Waals surface area contributed by atoms with Crippen molar-refractivity contribution in [1.82, 2.24) is 19.8 Å². The normalized spacial score (nSPS) is 22.7. The summed E-state index contributed by atoms with van der Waals surface area (Å²) < 4.78 is 7.08. The highest BCUT2D eigenvalue weighted by molar-refractivity contribution is 6.01. The van der Waals surface area contributed by atoms with Crippen molar-refractivity contribution in [2.24, 2.45) is 0 Å². The molecule has 2 heterocycles. The average Bonchev–Trinajstić information content (AvgIpc) is 3.10. The summed E-state index contributed by atoms with van der Waals surface area (Å²) in [4.78, 5) is 33.2. The van der Waals surface area contributed by atoms with Crippen LogP contribution in [0.1, 0.15) is 56.1 Å². The number of imidazole rings is 1. The van der Waals surface area contributed by atoms with E-state index in [9.17, 15) is 9.59 Å². The molecule has 0 bridgehead atoms. The van der Waals surface area contributed by atoms with Crippen LogP contribution >= 0.6 is 0 Å². The molecule has 7 heteroatoms. The topological polar surface area (TPSA) is 76.5 Å². The lowest BCUT2D eigenvalue weighted by Crippen LogP contribution is -2.65. The number of rotatable bonds is 6. The van der Waals surface area contributed by atoms with Crippen molar-refractivity contribution in [3.63, 3.8) is 0 Å². The Morgan fingerprint density at radius 1 is 1.28 bits per heavy atom. The van der Waals surface area contributed by atoms with Crippen LogP contribution in [-0.2, 0) is 16.1 Å². The highest BCUT2D eigenvalue weighted by Gasteiger charge is 2.48. The third kappa shape index (κ3) is 3.64. The summed E-state index contributed by atoms with van der Waals surface area (Å²) in [6.07, 6.45) is 6.23. The number of methoxy groups -OCH3 is 1. The molecule has 1 unspecified atom stereocenters. The number of carbonyl (C=O) groups is 2. The Morgan fingerprint density at radius 2 is 2.03 bits per heavy atom. The average molecular weight is 399 g/mol. The van der Waals surface area contributed by atoms with Gasteiger partial charge in [0.05, 0.1) is 17.6 Å². The van der Waals surface area contributed by atoms with Crippen molar-refractivity contribution in [3.8, 4) is 0 Å². The summed E-state index contributed by atoms with van der Waals surface area (Å²) >= 11 is 0. The number of nitrogens with one attached hydrogen (secondary N) is 1. The number of hydrogen-bond acceptors (Lipinski definition) is 4. The molecular weight excluding hydrogens is 368 g/mol. The second-order valence-electron chi connectivity index (χ2n) is 8.40. The summed E-state index contributed by atoms with van der Waals surface area (Å²) in [5, 5.41) is 3.24. The highest BCUT2D eigenvalue weighted by atomic mass is 16.5. The number of aromatic nitrogens is 2. The smallest absolute Gasteiger partial charge is 0.290 e. The van der Waals surface area contributed by atoms with E-state index in [0.717, 1.165) is 36.7 Å². The van der Waals surface area contributed by atoms with Crippen molar-refractivity contribution in [2.75, 3.05) is 20.3 Å². The predicted molar refractivity (Wildman–Crippen MR) is 111 cm³/mol. The molecule has 1 aliphatic heterocycles. The first-order valence-electron chi connectivity index (χ1n) is 10.6. The number of hydrogen-bond donors (Lipinski definition) is 1. The fourth-order valence-corrected chi connectivity index (χ4v) is 4.63. The monoisotopic (exact) mass is 398 g/mol. The second kappa shape index (κ2) is 8.14. The molecule has 1 aliphatic carbocycles. The summed E-state index contributed by atoms with van der Waals surface area (Å²) in [5.74, 6) is 0.148. The molecule has 1 aromatic heterocycles. The Morgan fingerprint density at radius 3 is 2.79 bits per heavy atom. The fraction of sp³-hybridized carbons (Fsp3) is 0.591. The lowest BCUT2D eigenvalue weighted by atomic mass is 9.91. The number of amides is 2. The van der Waals surface area contributed by atoms with Crippen molar-refractivity contribution < 1.29 is 14.3 Å². The minimum absolute atomic E-state index is 0.0707. The van der Waals surface area contributed by atoms with Gasteiger partial charge in [-0.3, -0.25) is 9.59 Å². The van der Waals surface area contributed by atoms with Crippen molar-refractivity contribution in [2.45, 2.75) is 63.6 Å². The highest BCUT2D eigenvalue weighted by Crippen LogP contribution is 2.31. The lowest BCUT2D eigenvalue weighted by molar-refractivity contribution is -0.134. The molecule has 1 atom stereocenters. The van der Waals surface area contributed by atoms with Gasteiger partial charge in [-0.1, -0.05) is 31.4 Å². The molecule has 0 saturated heterocycles. The van der Waals surface area contributed by atoms with Gasteiger partial charge in [-0.15, -0.1) is 0 Å². The minimum Gasteiger partial charge on any atom is -0.385 e. The third-order valence-electron chi connectivity index (χ3n) is 6.31. The van der Waals surface area contributed by atoms with Crippen LogP contribution in [0.25, 0.3) is 11.0 Å². The number of para-hydroxylation sites is 2. The lowest BCUT2D eigenvalue weighted by Gasteiger charge is -2.44. The van der Waals surface area contributed by atoms with Crippen LogP contribution in [0.3, 0.4) is 0 Å². The zero-order chi connectivity index (χ0) is 20.4. The van der Waals surface area contributed by atoms with Gasteiger partial charge in [0.15, 0.2) is 5.82 Å². The molecule has 4 rings (SSSR count). The van der Waals surface area contributed by atoms with Gasteiger partial charge in [0, 0.05) is 26.3 Å². The van der Waals surface area contributed by atoms with Gasteiger partial charge in [0.2, 0.25) is 5.91 Å². The first-order valence-corrected chi connectivity index (χ1v) is 10.6. The van der Waals surface area contributed by atoms with Gasteiger partial charge < -0.3 is 19.5 Å². The summed E-state index contributed by atoms with van der Waals surface area (Å²) in [7, 11) is 1.65. The molecule has 0 spiro atoms. The van der Waals surface area contributed by atoms with E-state index in [1.807, 2.05) is 35.8 Å². The van der Waals surface area contributed by atoms with Gasteiger partial charge in [-0.05, 0) is 38.3 Å². The molecule has 0 radical (unpaired) electrons. The Labute approximate surface area is 171 Å². The van der Waals surface area contributed by atoms with E-state index >= 15 is 0 Å². The molecule has 2 aliphatic rings. The third-order valence-corrected chi connectivity index (χ3v) is 6.31. The van der Waals surface area contributed by atoms with Crippen LogP contribution in [-0.4, -0.2) is 58.1 Å². The fourth-order valence-electron chi connectivity index (χ4n) is 4.63. The number of carbonyl (C=O) groups excluding carboxylic acids is 2. The van der Waals surface area contributed by atoms with Gasteiger partial charge in [-0.2, -0.15) is 0 Å². The van der Waals surface area contributed by atoms with E-state index in [1.54, 1.807) is 12.0 Å². The minimum atomic E-state index is -0.960. The van der Waals surface area contributed by atoms with Crippen molar-refractivity contribution in [1.29, 1.82) is 0 Å². The first-order chi connectivity index (χ1) is 14.0. The molecule has 2 aromatic rings. The summed E-state index contributed by atoms with van der Waals surface area (Å²) in [5.41, 5.74) is 0.715. The largest absolute Gasteiger partial charge is 0.385 e. The van der Waals surface area contributed by atoms with Crippen LogP contribution in [0, 0.1) is 0 Å². The number of ether oxygens (including phenoxy) is 1. The van der Waals surface area contributed by atoms with Gasteiger partial charge in [0.25, 0.3) is 5.91 Å². The molecule has 1 fully saturated rings. The Kier molecular flexibility index (Phi) is 5.58. The van der Waals surface area contributed by atoms with Crippen LogP contribution in [0.15, 0.2) is 24.3 Å². The maximum atomic E-state index is 13.5. The van der Waals surface area contributed by atoms with Crippen LogP contribution in [0.2, 0.25) is 0 Å². The molecule has 2 amide bonds. The van der Waals surface area contributed by atoms with Crippen LogP contribution in [0.4, 0.5) is 0 Å². The van der Waals surface area contributed by atoms with Crippen LogP contribution < -0.4 is 5.32 Å².